The van der Waals surface area contributed by atoms with Crippen LogP contribution in [0, 0.1) is 6.92 Å². The van der Waals surface area contributed by atoms with Crippen LogP contribution < -0.4 is 15.8 Å². The summed E-state index contributed by atoms with van der Waals surface area (Å²) in [7, 11) is 1.46. The number of imidazole rings is 1. The van der Waals surface area contributed by atoms with E-state index in [0.29, 0.717) is 17.1 Å². The van der Waals surface area contributed by atoms with Crippen molar-refractivity contribution < 1.29 is 19.1 Å². The van der Waals surface area contributed by atoms with Crippen LogP contribution >= 0.6 is 11.6 Å². The summed E-state index contributed by atoms with van der Waals surface area (Å²) in [6.45, 7) is 3.85. The first-order chi connectivity index (χ1) is 15.3. The van der Waals surface area contributed by atoms with Gasteiger partial charge in [0.15, 0.2) is 5.75 Å². The summed E-state index contributed by atoms with van der Waals surface area (Å²) >= 11 is 6.36. The molecule has 0 aliphatic rings. The lowest BCUT2D eigenvalue weighted by Gasteiger charge is -2.17. The fraction of sp³-hybridized carbons (Fsp3) is 0.273. The number of amides is 1. The standard InChI is InChI=1S/C22H24ClN5O4/c1-4-32-17(30)8-7-16(29)27-20-18(24)15(23)10-14(21(20)31-3)22-26-12(2)19(28-22)13-6-5-9-25-11-13/h5-6,9-11H,4,7-8,24H2,1-3H3,(H,26,28)(H,27,29). The van der Waals surface area contributed by atoms with Crippen LogP contribution in [0.2, 0.25) is 5.02 Å². The highest BCUT2D eigenvalue weighted by atomic mass is 35.5. The number of nitrogen functional groups attached to an aromatic ring is 1. The van der Waals surface area contributed by atoms with Gasteiger partial charge in [-0.1, -0.05) is 11.6 Å². The number of esters is 1. The molecule has 0 atom stereocenters. The van der Waals surface area contributed by atoms with Crippen molar-refractivity contribution in [3.8, 4) is 28.4 Å². The molecule has 3 aromatic rings. The Balaban J connectivity index is 1.96. The van der Waals surface area contributed by atoms with E-state index in [1.54, 1.807) is 25.4 Å². The van der Waals surface area contributed by atoms with E-state index in [2.05, 4.69) is 20.3 Å². The van der Waals surface area contributed by atoms with Crippen molar-refractivity contribution in [1.82, 2.24) is 15.0 Å². The molecule has 0 saturated heterocycles. The highest BCUT2D eigenvalue weighted by Crippen LogP contribution is 2.44. The van der Waals surface area contributed by atoms with Gasteiger partial charge in [-0.3, -0.25) is 14.6 Å². The number of carbonyl (C=O) groups is 2. The summed E-state index contributed by atoms with van der Waals surface area (Å²) in [6, 6.07) is 5.35. The third-order valence-electron chi connectivity index (χ3n) is 4.67. The Morgan fingerprint density at radius 1 is 1.31 bits per heavy atom. The zero-order chi connectivity index (χ0) is 23.3. The number of rotatable bonds is 8. The highest BCUT2D eigenvalue weighted by molar-refractivity contribution is 6.34. The molecule has 4 N–H and O–H groups in total. The smallest absolute Gasteiger partial charge is 0.306 e. The lowest BCUT2D eigenvalue weighted by Crippen LogP contribution is -2.16. The number of ether oxygens (including phenoxy) is 2. The molecular formula is C22H24ClN5O4. The van der Waals surface area contributed by atoms with E-state index < -0.39 is 11.9 Å². The number of halogens is 1. The third kappa shape index (κ3) is 5.00. The molecule has 0 spiro atoms. The van der Waals surface area contributed by atoms with Crippen LogP contribution in [0.5, 0.6) is 5.75 Å². The molecule has 0 bridgehead atoms. The van der Waals surface area contributed by atoms with Gasteiger partial charge in [0.1, 0.15) is 11.5 Å². The van der Waals surface area contributed by atoms with Crippen LogP contribution in [0.3, 0.4) is 0 Å². The normalized spacial score (nSPS) is 10.6. The molecule has 0 radical (unpaired) electrons. The van der Waals surface area contributed by atoms with Gasteiger partial charge in [-0.05, 0) is 32.0 Å². The Morgan fingerprint density at radius 2 is 2.09 bits per heavy atom. The molecule has 168 valence electrons. The van der Waals surface area contributed by atoms with Gasteiger partial charge in [0.05, 0.1) is 42.1 Å². The predicted octanol–water partition coefficient (Wildman–Crippen LogP) is 3.97. The van der Waals surface area contributed by atoms with Crippen molar-refractivity contribution in [3.63, 3.8) is 0 Å². The van der Waals surface area contributed by atoms with Gasteiger partial charge in [0.2, 0.25) is 5.91 Å². The molecule has 2 heterocycles. The number of pyridine rings is 1. The van der Waals surface area contributed by atoms with Gasteiger partial charge < -0.3 is 25.5 Å². The van der Waals surface area contributed by atoms with Crippen LogP contribution in [0.4, 0.5) is 11.4 Å². The van der Waals surface area contributed by atoms with Gasteiger partial charge in [-0.15, -0.1) is 0 Å². The van der Waals surface area contributed by atoms with Gasteiger partial charge in [-0.2, -0.15) is 0 Å². The van der Waals surface area contributed by atoms with Gasteiger partial charge in [0.25, 0.3) is 0 Å². The molecule has 0 fully saturated rings. The number of aromatic amines is 1. The molecule has 1 aromatic carbocycles. The number of hydrogen-bond donors (Lipinski definition) is 3. The maximum absolute atomic E-state index is 12.4. The van der Waals surface area contributed by atoms with Crippen LogP contribution in [-0.4, -0.2) is 40.5 Å². The first-order valence-electron chi connectivity index (χ1n) is 9.94. The van der Waals surface area contributed by atoms with Gasteiger partial charge in [-0.25, -0.2) is 4.98 Å². The first-order valence-corrected chi connectivity index (χ1v) is 10.3. The van der Waals surface area contributed by atoms with Gasteiger partial charge >= 0.3 is 5.97 Å². The average Bonchev–Trinajstić information content (AvgIpc) is 3.17. The van der Waals surface area contributed by atoms with Crippen molar-refractivity contribution in [1.29, 1.82) is 0 Å². The van der Waals surface area contributed by atoms with Crippen LogP contribution in [0.25, 0.3) is 22.6 Å². The number of anilines is 2. The topological polar surface area (TPSA) is 132 Å². The molecule has 0 unspecified atom stereocenters. The molecule has 0 saturated carbocycles. The number of nitrogens with one attached hydrogen (secondary N) is 2. The summed E-state index contributed by atoms with van der Waals surface area (Å²) in [5.41, 5.74) is 9.40. The van der Waals surface area contributed by atoms with E-state index in [1.165, 1.54) is 7.11 Å². The van der Waals surface area contributed by atoms with Crippen molar-refractivity contribution in [2.24, 2.45) is 0 Å². The molecule has 1 amide bonds. The zero-order valence-electron chi connectivity index (χ0n) is 18.0. The van der Waals surface area contributed by atoms with Crippen LogP contribution in [0.15, 0.2) is 30.6 Å². The predicted molar refractivity (Wildman–Crippen MR) is 122 cm³/mol. The first kappa shape index (κ1) is 23.1. The van der Waals surface area contributed by atoms with Crippen molar-refractivity contribution in [2.75, 3.05) is 24.8 Å². The van der Waals surface area contributed by atoms with Crippen LogP contribution in [0.1, 0.15) is 25.5 Å². The molecule has 32 heavy (non-hydrogen) atoms. The molecule has 10 heteroatoms. The quantitative estimate of drug-likeness (QED) is 0.344. The number of hydrogen-bond acceptors (Lipinski definition) is 7. The lowest BCUT2D eigenvalue weighted by atomic mass is 10.1. The van der Waals surface area contributed by atoms with E-state index in [4.69, 9.17) is 26.8 Å². The number of nitrogens with two attached hydrogens (primary N) is 1. The molecule has 0 aliphatic heterocycles. The fourth-order valence-corrected chi connectivity index (χ4v) is 3.38. The Hall–Kier alpha value is -3.59. The van der Waals surface area contributed by atoms with E-state index >= 15 is 0 Å². The number of carbonyl (C=O) groups excluding carboxylic acids is 2. The Bertz CT molecular complexity index is 1130. The van der Waals surface area contributed by atoms with E-state index in [1.807, 2.05) is 19.1 Å². The summed E-state index contributed by atoms with van der Waals surface area (Å²) in [6.07, 6.45) is 3.27. The molecule has 9 nitrogen and oxygen atoms in total. The lowest BCUT2D eigenvalue weighted by molar-refractivity contribution is -0.144. The maximum atomic E-state index is 12.4. The number of benzene rings is 1. The Morgan fingerprint density at radius 3 is 2.75 bits per heavy atom. The number of methoxy groups -OCH3 is 1. The summed E-state index contributed by atoms with van der Waals surface area (Å²) in [5.74, 6) is -0.101. The van der Waals surface area contributed by atoms with E-state index in [-0.39, 0.29) is 35.8 Å². The maximum Gasteiger partial charge on any atom is 0.306 e. The van der Waals surface area contributed by atoms with Crippen molar-refractivity contribution in [2.45, 2.75) is 26.7 Å². The Labute approximate surface area is 190 Å². The molecule has 3 rings (SSSR count). The Kier molecular flexibility index (Phi) is 7.32. The van der Waals surface area contributed by atoms with Gasteiger partial charge in [0, 0.05) is 30.1 Å². The largest absolute Gasteiger partial charge is 0.494 e. The third-order valence-corrected chi connectivity index (χ3v) is 4.99. The SMILES string of the molecule is CCOC(=O)CCC(=O)Nc1c(N)c(Cl)cc(-c2nc(-c3cccnc3)c(C)[nH]2)c1OC. The fourth-order valence-electron chi connectivity index (χ4n) is 3.18. The minimum Gasteiger partial charge on any atom is -0.494 e. The summed E-state index contributed by atoms with van der Waals surface area (Å²) < 4.78 is 10.4. The minimum absolute atomic E-state index is 0.0544. The van der Waals surface area contributed by atoms with E-state index in [0.717, 1.165) is 17.0 Å². The summed E-state index contributed by atoms with van der Waals surface area (Å²) in [4.78, 5) is 36.0. The molecular weight excluding hydrogens is 434 g/mol. The van der Waals surface area contributed by atoms with Crippen molar-refractivity contribution >= 4 is 34.9 Å². The average molecular weight is 458 g/mol. The highest BCUT2D eigenvalue weighted by Gasteiger charge is 2.22. The monoisotopic (exact) mass is 457 g/mol. The molecule has 0 aliphatic carbocycles. The van der Waals surface area contributed by atoms with Crippen molar-refractivity contribution in [3.05, 3.63) is 41.3 Å². The minimum atomic E-state index is -0.455. The zero-order valence-corrected chi connectivity index (χ0v) is 18.7. The second-order valence-corrected chi connectivity index (χ2v) is 7.29. The second kappa shape index (κ2) is 10.1. The number of nitrogens with zero attached hydrogens (tertiary/aromatic N) is 2. The number of aromatic nitrogens is 3. The summed E-state index contributed by atoms with van der Waals surface area (Å²) in [5, 5.41) is 2.92. The van der Waals surface area contributed by atoms with E-state index in [9.17, 15) is 9.59 Å². The number of H-pyrrole nitrogens is 1. The second-order valence-electron chi connectivity index (χ2n) is 6.88. The number of aryl methyl sites for hydroxylation is 1. The molecule has 2 aromatic heterocycles. The van der Waals surface area contributed by atoms with Crippen LogP contribution in [-0.2, 0) is 14.3 Å².